The summed E-state index contributed by atoms with van der Waals surface area (Å²) in [5, 5.41) is 0.585. The molecule has 3 aromatic rings. The van der Waals surface area contributed by atoms with Gasteiger partial charge >= 0.3 is 5.69 Å². The highest BCUT2D eigenvalue weighted by molar-refractivity contribution is 9.10. The minimum absolute atomic E-state index is 0.257. The molecule has 0 saturated heterocycles. The Morgan fingerprint density at radius 1 is 1.04 bits per heavy atom. The molecule has 0 saturated carbocycles. The maximum atomic E-state index is 12.9. The summed E-state index contributed by atoms with van der Waals surface area (Å²) in [4.78, 5) is 27.3. The minimum atomic E-state index is -0.310. The summed E-state index contributed by atoms with van der Waals surface area (Å²) in [5.74, 6) is 0. The predicted octanol–water partition coefficient (Wildman–Crippen LogP) is 2.42. The van der Waals surface area contributed by atoms with Crippen LogP contribution in [0.1, 0.15) is 6.42 Å². The van der Waals surface area contributed by atoms with Gasteiger partial charge < -0.3 is 9.47 Å². The van der Waals surface area contributed by atoms with Crippen molar-refractivity contribution < 1.29 is 0 Å². The van der Waals surface area contributed by atoms with E-state index in [2.05, 4.69) is 25.4 Å². The monoisotopic (exact) mass is 418 g/mol. The van der Waals surface area contributed by atoms with Gasteiger partial charge in [-0.15, -0.1) is 0 Å². The molecule has 7 heteroatoms. The average Bonchev–Trinajstić information content (AvgIpc) is 2.98. The van der Waals surface area contributed by atoms with Gasteiger partial charge in [0.05, 0.1) is 16.6 Å². The third kappa shape index (κ3) is 3.29. The van der Waals surface area contributed by atoms with Crippen molar-refractivity contribution in [3.63, 3.8) is 0 Å². The first kappa shape index (κ1) is 18.7. The molecule has 0 fully saturated rings. The topological polar surface area (TPSA) is 52.2 Å². The molecule has 3 rings (SSSR count). The number of hydrogen-bond acceptors (Lipinski definition) is 3. The molecule has 0 N–H and O–H groups in total. The van der Waals surface area contributed by atoms with Gasteiger partial charge in [0.2, 0.25) is 0 Å². The Bertz CT molecular complexity index is 1060. The van der Waals surface area contributed by atoms with E-state index >= 15 is 0 Å². The van der Waals surface area contributed by atoms with E-state index in [1.54, 1.807) is 11.6 Å². The predicted molar refractivity (Wildman–Crippen MR) is 109 cm³/mol. The van der Waals surface area contributed by atoms with Crippen molar-refractivity contribution in [3.8, 4) is 11.3 Å². The van der Waals surface area contributed by atoms with Crippen LogP contribution in [0.4, 0.5) is 0 Å². The van der Waals surface area contributed by atoms with E-state index in [4.69, 9.17) is 0 Å². The average molecular weight is 419 g/mol. The fourth-order valence-corrected chi connectivity index (χ4v) is 3.51. The van der Waals surface area contributed by atoms with Crippen LogP contribution in [-0.2, 0) is 20.6 Å². The Morgan fingerprint density at radius 2 is 1.69 bits per heavy atom. The molecular formula is C19H23BrN4O2. The first-order valence-electron chi connectivity index (χ1n) is 8.50. The van der Waals surface area contributed by atoms with E-state index < -0.39 is 0 Å². The van der Waals surface area contributed by atoms with Gasteiger partial charge in [0.1, 0.15) is 0 Å². The highest BCUT2D eigenvalue weighted by Gasteiger charge is 2.19. The van der Waals surface area contributed by atoms with Gasteiger partial charge in [-0.3, -0.25) is 13.9 Å². The van der Waals surface area contributed by atoms with Crippen LogP contribution >= 0.6 is 15.9 Å². The normalized spacial score (nSPS) is 11.6. The third-order valence-corrected chi connectivity index (χ3v) is 5.16. The van der Waals surface area contributed by atoms with Gasteiger partial charge in [-0.2, -0.15) is 0 Å². The largest absolute Gasteiger partial charge is 0.345 e. The van der Waals surface area contributed by atoms with Crippen LogP contribution in [0, 0.1) is 0 Å². The highest BCUT2D eigenvalue weighted by Crippen LogP contribution is 2.29. The molecule has 0 bridgehead atoms. The van der Waals surface area contributed by atoms with Crippen LogP contribution in [0.25, 0.3) is 22.2 Å². The highest BCUT2D eigenvalue weighted by atomic mass is 79.9. The number of fused-ring (bicyclic) bond motifs is 1. The van der Waals surface area contributed by atoms with Crippen molar-refractivity contribution in [1.82, 2.24) is 18.6 Å². The quantitative estimate of drug-likeness (QED) is 0.639. The Morgan fingerprint density at radius 3 is 2.31 bits per heavy atom. The second kappa shape index (κ2) is 7.25. The lowest BCUT2D eigenvalue weighted by atomic mass is 10.1. The molecule has 0 unspecified atom stereocenters. The number of benzene rings is 1. The van der Waals surface area contributed by atoms with Crippen molar-refractivity contribution in [2.24, 2.45) is 14.1 Å². The Labute approximate surface area is 160 Å². The molecule has 0 aliphatic carbocycles. The molecular weight excluding hydrogens is 396 g/mol. The Kier molecular flexibility index (Phi) is 5.20. The number of nitrogens with zero attached hydrogens (tertiary/aromatic N) is 4. The van der Waals surface area contributed by atoms with Gasteiger partial charge in [0.25, 0.3) is 5.56 Å². The molecule has 0 atom stereocenters. The van der Waals surface area contributed by atoms with Gasteiger partial charge in [0, 0.05) is 31.3 Å². The summed E-state index contributed by atoms with van der Waals surface area (Å²) in [6.07, 6.45) is 2.87. The van der Waals surface area contributed by atoms with Crippen LogP contribution < -0.4 is 11.2 Å². The van der Waals surface area contributed by atoms with Crippen molar-refractivity contribution in [2.75, 3.05) is 20.6 Å². The first-order valence-corrected chi connectivity index (χ1v) is 9.30. The lowest BCUT2D eigenvalue weighted by molar-refractivity contribution is 0.387. The molecule has 6 nitrogen and oxygen atoms in total. The van der Waals surface area contributed by atoms with Crippen LogP contribution in [0.2, 0.25) is 0 Å². The fourth-order valence-electron chi connectivity index (χ4n) is 3.24. The van der Waals surface area contributed by atoms with Crippen LogP contribution in [0.3, 0.4) is 0 Å². The lowest BCUT2D eigenvalue weighted by Gasteiger charge is -2.13. The zero-order valence-electron chi connectivity index (χ0n) is 15.5. The Hall–Kier alpha value is -2.12. The smallest absolute Gasteiger partial charge is 0.330 e. The maximum absolute atomic E-state index is 12.9. The molecule has 2 heterocycles. The van der Waals surface area contributed by atoms with Gasteiger partial charge in [-0.05, 0) is 44.8 Å². The van der Waals surface area contributed by atoms with Crippen molar-refractivity contribution in [3.05, 3.63) is 55.8 Å². The summed E-state index contributed by atoms with van der Waals surface area (Å²) >= 11 is 3.46. The van der Waals surface area contributed by atoms with Crippen LogP contribution in [-0.4, -0.2) is 39.2 Å². The summed E-state index contributed by atoms with van der Waals surface area (Å²) in [6.45, 7) is 1.72. The zero-order valence-corrected chi connectivity index (χ0v) is 17.1. The summed E-state index contributed by atoms with van der Waals surface area (Å²) < 4.78 is 5.80. The van der Waals surface area contributed by atoms with Crippen molar-refractivity contribution in [2.45, 2.75) is 13.0 Å². The van der Waals surface area contributed by atoms with E-state index in [1.807, 2.05) is 44.6 Å². The number of aromatic nitrogens is 3. The summed E-state index contributed by atoms with van der Waals surface area (Å²) in [5.41, 5.74) is 1.93. The number of hydrogen-bond donors (Lipinski definition) is 0. The molecule has 0 amide bonds. The van der Waals surface area contributed by atoms with Crippen molar-refractivity contribution in [1.29, 1.82) is 0 Å². The Balaban J connectivity index is 2.28. The van der Waals surface area contributed by atoms with E-state index in [1.165, 1.54) is 11.6 Å². The molecule has 26 heavy (non-hydrogen) atoms. The molecule has 2 aromatic heterocycles. The molecule has 138 valence electrons. The number of aryl methyl sites for hydroxylation is 2. The number of rotatable bonds is 5. The summed E-state index contributed by atoms with van der Waals surface area (Å²) in [7, 11) is 7.32. The molecule has 0 aliphatic heterocycles. The second-order valence-electron chi connectivity index (χ2n) is 6.80. The maximum Gasteiger partial charge on any atom is 0.330 e. The molecule has 0 aliphatic rings. The third-order valence-electron chi connectivity index (χ3n) is 4.63. The van der Waals surface area contributed by atoms with E-state index in [0.29, 0.717) is 10.9 Å². The van der Waals surface area contributed by atoms with Crippen LogP contribution in [0.15, 0.2) is 44.5 Å². The molecule has 0 spiro atoms. The van der Waals surface area contributed by atoms with Gasteiger partial charge in [-0.25, -0.2) is 4.79 Å². The van der Waals surface area contributed by atoms with Gasteiger partial charge in [0.15, 0.2) is 0 Å². The van der Waals surface area contributed by atoms with E-state index in [-0.39, 0.29) is 11.2 Å². The number of halogens is 1. The molecule has 0 radical (unpaired) electrons. The van der Waals surface area contributed by atoms with Gasteiger partial charge in [-0.1, -0.05) is 28.1 Å². The summed E-state index contributed by atoms with van der Waals surface area (Å²) in [6, 6.07) is 7.91. The van der Waals surface area contributed by atoms with E-state index in [9.17, 15) is 9.59 Å². The lowest BCUT2D eigenvalue weighted by Crippen LogP contribution is -2.36. The molecule has 1 aromatic carbocycles. The zero-order chi connectivity index (χ0) is 19.0. The SMILES string of the molecule is CN(C)CCCn1cc2c(c1-c1ccc(Br)cc1)c(=O)n(C)c(=O)n2C. The van der Waals surface area contributed by atoms with E-state index in [0.717, 1.165) is 35.2 Å². The second-order valence-corrected chi connectivity index (χ2v) is 7.72. The first-order chi connectivity index (χ1) is 12.3. The van der Waals surface area contributed by atoms with Crippen molar-refractivity contribution >= 4 is 26.8 Å². The van der Waals surface area contributed by atoms with Crippen LogP contribution in [0.5, 0.6) is 0 Å². The fraction of sp³-hybridized carbons (Fsp3) is 0.368. The standard InChI is InChI=1S/C19H23BrN4O2/c1-21(2)10-5-11-24-12-15-16(18(25)23(4)19(26)22(15)3)17(24)13-6-8-14(20)9-7-13/h6-9,12H,5,10-11H2,1-4H3. The minimum Gasteiger partial charge on any atom is -0.345 e.